The van der Waals surface area contributed by atoms with Crippen LogP contribution >= 0.6 is 22.6 Å². The van der Waals surface area contributed by atoms with Crippen molar-refractivity contribution in [3.05, 3.63) is 63.4 Å². The zero-order valence-corrected chi connectivity index (χ0v) is 20.2. The minimum Gasteiger partial charge on any atom is -0.371 e. The van der Waals surface area contributed by atoms with E-state index >= 15 is 0 Å². The van der Waals surface area contributed by atoms with Gasteiger partial charge >= 0.3 is 0 Å². The molecule has 4 rings (SSSR count). The predicted octanol–water partition coefficient (Wildman–Crippen LogP) is 3.32. The van der Waals surface area contributed by atoms with Gasteiger partial charge in [-0.05, 0) is 77.9 Å². The number of nitrogens with one attached hydrogen (secondary N) is 2. The molecule has 2 aliphatic heterocycles. The Labute approximate surface area is 201 Å². The molecule has 0 aliphatic carbocycles. The third-order valence-corrected chi connectivity index (χ3v) is 6.56. The van der Waals surface area contributed by atoms with Gasteiger partial charge in [0.2, 0.25) is 5.91 Å². The molecule has 0 radical (unpaired) electrons. The Morgan fingerprint density at radius 1 is 1.06 bits per heavy atom. The molecule has 1 saturated heterocycles. The van der Waals surface area contributed by atoms with Crippen LogP contribution in [0.15, 0.2) is 48.7 Å². The van der Waals surface area contributed by atoms with Crippen LogP contribution in [0.5, 0.6) is 0 Å². The van der Waals surface area contributed by atoms with Crippen LogP contribution in [0.1, 0.15) is 28.8 Å². The van der Waals surface area contributed by atoms with E-state index in [0.717, 1.165) is 40.9 Å². The van der Waals surface area contributed by atoms with Crippen molar-refractivity contribution in [1.82, 2.24) is 10.2 Å². The van der Waals surface area contributed by atoms with Gasteiger partial charge in [0.05, 0.1) is 5.57 Å². The van der Waals surface area contributed by atoms with Crippen molar-refractivity contribution < 1.29 is 14.4 Å². The molecule has 2 heterocycles. The fourth-order valence-electron chi connectivity index (χ4n) is 4.11. The number of halogens is 1. The van der Waals surface area contributed by atoms with Gasteiger partial charge in [0.1, 0.15) is 0 Å². The minimum absolute atomic E-state index is 0.105. The molecular weight excluding hydrogens is 519 g/mol. The average Bonchev–Trinajstić information content (AvgIpc) is 2.78. The Balaban J connectivity index is 1.44. The third kappa shape index (κ3) is 4.64. The Kier molecular flexibility index (Phi) is 6.50. The number of hydrogen-bond donors (Lipinski definition) is 2. The van der Waals surface area contributed by atoms with Gasteiger partial charge in [-0.3, -0.25) is 19.7 Å². The number of carbonyl (C=O) groups is 3. The highest BCUT2D eigenvalue weighted by Crippen LogP contribution is 2.28. The molecule has 0 atom stereocenters. The summed E-state index contributed by atoms with van der Waals surface area (Å²) >= 11 is 2.17. The van der Waals surface area contributed by atoms with Crippen molar-refractivity contribution >= 4 is 57.3 Å². The fourth-order valence-corrected chi connectivity index (χ4v) is 4.61. The van der Waals surface area contributed by atoms with E-state index < -0.39 is 5.91 Å². The molecule has 0 spiro atoms. The van der Waals surface area contributed by atoms with Crippen molar-refractivity contribution in [2.24, 2.45) is 5.92 Å². The van der Waals surface area contributed by atoms with Crippen molar-refractivity contribution in [3.63, 3.8) is 0 Å². The Bertz CT molecular complexity index is 1090. The summed E-state index contributed by atoms with van der Waals surface area (Å²) in [5.41, 5.74) is 3.50. The molecule has 0 unspecified atom stereocenters. The summed E-state index contributed by atoms with van der Waals surface area (Å²) in [6, 6.07) is 13.4. The molecule has 2 N–H and O–H groups in total. The second-order valence-corrected chi connectivity index (χ2v) is 9.46. The maximum absolute atomic E-state index is 12.4. The summed E-state index contributed by atoms with van der Waals surface area (Å²) in [7, 11) is 3.62. The fraction of sp³-hybridized carbons (Fsp3) is 0.292. The smallest absolute Gasteiger partial charge is 0.260 e. The van der Waals surface area contributed by atoms with Crippen LogP contribution < -0.4 is 15.5 Å². The van der Waals surface area contributed by atoms with Gasteiger partial charge in [-0.25, -0.2) is 0 Å². The average molecular weight is 544 g/mol. The quantitative estimate of drug-likeness (QED) is 0.351. The number of nitrogens with zero attached hydrogens (tertiary/aromatic N) is 2. The number of piperidine rings is 1. The van der Waals surface area contributed by atoms with E-state index in [1.165, 1.54) is 0 Å². The first-order chi connectivity index (χ1) is 15.3. The standard InChI is InChI=1S/C24H25IN4O3/c1-28(2)24(32)15-9-11-29(12-10-15)18-6-4-17(5-7-18)26-14-21-20-13-16(25)3-8-19(20)22(30)27-23(21)31/h3-8,13-15,26H,9-12H2,1-2H3,(H,27,30,31)/b21-14-. The number of imide groups is 1. The summed E-state index contributed by atoms with van der Waals surface area (Å²) in [6.07, 6.45) is 3.36. The first kappa shape index (κ1) is 22.3. The Hall–Kier alpha value is -2.88. The first-order valence-corrected chi connectivity index (χ1v) is 11.6. The molecule has 8 heteroatoms. The summed E-state index contributed by atoms with van der Waals surface area (Å²) in [5.74, 6) is -0.474. The van der Waals surface area contributed by atoms with E-state index in [9.17, 15) is 14.4 Å². The Morgan fingerprint density at radius 3 is 2.41 bits per heavy atom. The van der Waals surface area contributed by atoms with E-state index in [1.807, 2.05) is 50.5 Å². The molecule has 2 aromatic carbocycles. The summed E-state index contributed by atoms with van der Waals surface area (Å²) in [6.45, 7) is 1.70. The second-order valence-electron chi connectivity index (χ2n) is 8.22. The van der Waals surface area contributed by atoms with E-state index in [-0.39, 0.29) is 17.7 Å². The lowest BCUT2D eigenvalue weighted by Gasteiger charge is -2.34. The molecule has 0 aromatic heterocycles. The lowest BCUT2D eigenvalue weighted by Crippen LogP contribution is -2.40. The number of benzene rings is 2. The largest absolute Gasteiger partial charge is 0.371 e. The van der Waals surface area contributed by atoms with E-state index in [4.69, 9.17) is 0 Å². The number of rotatable bonds is 4. The molecule has 32 heavy (non-hydrogen) atoms. The minimum atomic E-state index is -0.413. The number of amides is 3. The normalized spacial score (nSPS) is 17.7. The lowest BCUT2D eigenvalue weighted by atomic mass is 9.95. The van der Waals surface area contributed by atoms with E-state index in [0.29, 0.717) is 16.7 Å². The van der Waals surface area contributed by atoms with Crippen LogP contribution in [-0.2, 0) is 9.59 Å². The van der Waals surface area contributed by atoms with Crippen LogP contribution in [0.2, 0.25) is 0 Å². The first-order valence-electron chi connectivity index (χ1n) is 10.5. The number of fused-ring (bicyclic) bond motifs is 1. The molecule has 2 aliphatic rings. The van der Waals surface area contributed by atoms with Gasteiger partial charge in [-0.1, -0.05) is 0 Å². The number of hydrogen-bond acceptors (Lipinski definition) is 5. The van der Waals surface area contributed by atoms with Gasteiger partial charge in [0.25, 0.3) is 11.8 Å². The van der Waals surface area contributed by atoms with E-state index in [2.05, 4.69) is 38.1 Å². The molecular formula is C24H25IN4O3. The highest BCUT2D eigenvalue weighted by atomic mass is 127. The van der Waals surface area contributed by atoms with Gasteiger partial charge < -0.3 is 15.1 Å². The lowest BCUT2D eigenvalue weighted by molar-refractivity contribution is -0.133. The monoisotopic (exact) mass is 544 g/mol. The van der Waals surface area contributed by atoms with Crippen molar-refractivity contribution in [2.45, 2.75) is 12.8 Å². The SMILES string of the molecule is CN(C)C(=O)C1CCN(c2ccc(N/C=C3\C(=O)NC(=O)c4ccc(I)cc43)cc2)CC1. The number of carbonyl (C=O) groups excluding carboxylic acids is 3. The molecule has 2 aromatic rings. The Morgan fingerprint density at radius 2 is 1.75 bits per heavy atom. The molecule has 0 bridgehead atoms. The molecule has 1 fully saturated rings. The maximum atomic E-state index is 12.4. The van der Waals surface area contributed by atoms with Crippen LogP contribution in [0.25, 0.3) is 5.57 Å². The van der Waals surface area contributed by atoms with Crippen molar-refractivity contribution in [2.75, 3.05) is 37.4 Å². The predicted molar refractivity (Wildman–Crippen MR) is 133 cm³/mol. The van der Waals surface area contributed by atoms with Crippen LogP contribution in [0.3, 0.4) is 0 Å². The zero-order chi connectivity index (χ0) is 22.8. The van der Waals surface area contributed by atoms with Crippen LogP contribution in [-0.4, -0.2) is 49.8 Å². The number of anilines is 2. The van der Waals surface area contributed by atoms with Crippen LogP contribution in [0, 0.1) is 9.49 Å². The second kappa shape index (κ2) is 9.32. The highest BCUT2D eigenvalue weighted by Gasteiger charge is 2.28. The molecule has 7 nitrogen and oxygen atoms in total. The zero-order valence-electron chi connectivity index (χ0n) is 18.0. The molecule has 0 saturated carbocycles. The topological polar surface area (TPSA) is 81.8 Å². The maximum Gasteiger partial charge on any atom is 0.260 e. The van der Waals surface area contributed by atoms with Crippen molar-refractivity contribution in [3.8, 4) is 0 Å². The summed E-state index contributed by atoms with van der Waals surface area (Å²) in [4.78, 5) is 40.6. The molecule has 166 valence electrons. The van der Waals surface area contributed by atoms with Crippen LogP contribution in [0.4, 0.5) is 11.4 Å². The third-order valence-electron chi connectivity index (χ3n) is 5.89. The van der Waals surface area contributed by atoms with Gasteiger partial charge in [0.15, 0.2) is 0 Å². The summed E-state index contributed by atoms with van der Waals surface area (Å²) in [5, 5.41) is 5.57. The van der Waals surface area contributed by atoms with Crippen molar-refractivity contribution in [1.29, 1.82) is 0 Å². The van der Waals surface area contributed by atoms with Gasteiger partial charge in [-0.15, -0.1) is 0 Å². The summed E-state index contributed by atoms with van der Waals surface area (Å²) < 4.78 is 0.954. The van der Waals surface area contributed by atoms with Gasteiger partial charge in [-0.2, -0.15) is 0 Å². The molecule has 3 amide bonds. The van der Waals surface area contributed by atoms with E-state index in [1.54, 1.807) is 17.2 Å². The van der Waals surface area contributed by atoms with Gasteiger partial charge in [0, 0.05) is 65.4 Å². The highest BCUT2D eigenvalue weighted by molar-refractivity contribution is 14.1.